The van der Waals surface area contributed by atoms with E-state index in [9.17, 15) is 0 Å². The van der Waals surface area contributed by atoms with Gasteiger partial charge in [0.05, 0.1) is 27.5 Å². The molecular weight excluding hydrogens is 400 g/mol. The molecule has 1 heterocycles. The third kappa shape index (κ3) is 4.58. The highest BCUT2D eigenvalue weighted by Gasteiger charge is 2.15. The van der Waals surface area contributed by atoms with E-state index in [0.717, 1.165) is 16.9 Å². The lowest BCUT2D eigenvalue weighted by Gasteiger charge is -2.13. The van der Waals surface area contributed by atoms with Gasteiger partial charge >= 0.3 is 0 Å². The largest absolute Gasteiger partial charge is 0.493 e. The number of methoxy groups -OCH3 is 3. The highest BCUT2D eigenvalue weighted by Crippen LogP contribution is 2.39. The molecule has 0 bridgehead atoms. The van der Waals surface area contributed by atoms with Crippen molar-refractivity contribution in [3.63, 3.8) is 0 Å². The topological polar surface area (TPSA) is 70.8 Å². The van der Waals surface area contributed by atoms with Gasteiger partial charge in [0.2, 0.25) is 10.9 Å². The quantitative estimate of drug-likeness (QED) is 0.404. The molecule has 0 saturated heterocycles. The molecule has 0 aliphatic carbocycles. The van der Waals surface area contributed by atoms with E-state index in [-0.39, 0.29) is 0 Å². The van der Waals surface area contributed by atoms with Gasteiger partial charge in [-0.1, -0.05) is 35.5 Å². The van der Waals surface area contributed by atoms with Gasteiger partial charge < -0.3 is 14.2 Å². The summed E-state index contributed by atoms with van der Waals surface area (Å²) in [6.07, 6.45) is 3.21. The van der Waals surface area contributed by atoms with Crippen LogP contribution in [0.5, 0.6) is 17.2 Å². The molecule has 0 aliphatic rings. The number of nitrogens with zero attached hydrogens (tertiary/aromatic N) is 4. The smallest absolute Gasteiger partial charge is 0.212 e. The monoisotopic (exact) mass is 418 g/mol. The van der Waals surface area contributed by atoms with Crippen LogP contribution in [0.1, 0.15) is 11.1 Å². The lowest BCUT2D eigenvalue weighted by Crippen LogP contribution is -1.99. The Labute approximate surface area is 172 Å². The minimum atomic E-state index is 0.509. The van der Waals surface area contributed by atoms with Crippen LogP contribution >= 0.6 is 23.4 Å². The molecule has 0 saturated carbocycles. The van der Waals surface area contributed by atoms with Crippen LogP contribution in [0.3, 0.4) is 0 Å². The third-order valence-corrected chi connectivity index (χ3v) is 5.09. The fraction of sp³-hybridized carbons (Fsp3) is 0.211. The van der Waals surface area contributed by atoms with Crippen LogP contribution in [0.2, 0.25) is 5.02 Å². The van der Waals surface area contributed by atoms with Crippen molar-refractivity contribution in [3.05, 3.63) is 58.9 Å². The van der Waals surface area contributed by atoms with E-state index >= 15 is 0 Å². The van der Waals surface area contributed by atoms with Crippen LogP contribution in [-0.2, 0) is 5.75 Å². The van der Waals surface area contributed by atoms with Crippen molar-refractivity contribution in [1.82, 2.24) is 14.9 Å². The Morgan fingerprint density at radius 1 is 1.04 bits per heavy atom. The fourth-order valence-corrected chi connectivity index (χ4v) is 3.42. The summed E-state index contributed by atoms with van der Waals surface area (Å²) in [6.45, 7) is 0. The Kier molecular flexibility index (Phi) is 6.78. The zero-order chi connectivity index (χ0) is 19.9. The van der Waals surface area contributed by atoms with Crippen molar-refractivity contribution in [1.29, 1.82) is 0 Å². The van der Waals surface area contributed by atoms with Crippen LogP contribution < -0.4 is 14.2 Å². The molecule has 2 aromatic carbocycles. The highest BCUT2D eigenvalue weighted by atomic mass is 35.5. The Morgan fingerprint density at radius 2 is 1.79 bits per heavy atom. The number of aromatic nitrogens is 3. The second-order valence-corrected chi connectivity index (χ2v) is 6.92. The molecule has 0 fully saturated rings. The minimum absolute atomic E-state index is 0.509. The van der Waals surface area contributed by atoms with E-state index in [1.807, 2.05) is 30.3 Å². The molecule has 146 valence electrons. The predicted molar refractivity (Wildman–Crippen MR) is 110 cm³/mol. The Hall–Kier alpha value is -2.71. The average Bonchev–Trinajstić information content (AvgIpc) is 3.18. The molecule has 1 aromatic heterocycles. The fourth-order valence-electron chi connectivity index (χ4n) is 2.47. The number of hydrogen-bond acceptors (Lipinski definition) is 7. The maximum absolute atomic E-state index is 5.92. The summed E-state index contributed by atoms with van der Waals surface area (Å²) in [5.74, 6) is 2.36. The summed E-state index contributed by atoms with van der Waals surface area (Å²) in [6, 6.07) is 11.3. The van der Waals surface area contributed by atoms with Gasteiger partial charge in [0.15, 0.2) is 11.5 Å². The first-order chi connectivity index (χ1) is 13.7. The first-order valence-corrected chi connectivity index (χ1v) is 9.63. The van der Waals surface area contributed by atoms with Crippen molar-refractivity contribution in [3.8, 4) is 17.2 Å². The SMILES string of the molecule is COc1ccc(/C=N/n2cnnc2SCc2ccc(Cl)cc2)c(OC)c1OC. The summed E-state index contributed by atoms with van der Waals surface area (Å²) < 4.78 is 17.8. The van der Waals surface area contributed by atoms with E-state index in [2.05, 4.69) is 15.3 Å². The lowest BCUT2D eigenvalue weighted by molar-refractivity contribution is 0.324. The standard InChI is InChI=1S/C19H19ClN4O3S/c1-25-16-9-6-14(17(26-2)18(16)27-3)10-22-24-12-21-23-19(24)28-11-13-4-7-15(20)8-5-13/h4-10,12H,11H2,1-3H3/b22-10+. The maximum Gasteiger partial charge on any atom is 0.212 e. The van der Waals surface area contributed by atoms with Gasteiger partial charge in [0.25, 0.3) is 0 Å². The van der Waals surface area contributed by atoms with Gasteiger partial charge in [-0.2, -0.15) is 9.78 Å². The van der Waals surface area contributed by atoms with Gasteiger partial charge in [0.1, 0.15) is 6.33 Å². The molecule has 0 N–H and O–H groups in total. The molecule has 9 heteroatoms. The van der Waals surface area contributed by atoms with Crippen LogP contribution in [0.15, 0.2) is 53.0 Å². The molecule has 0 atom stereocenters. The molecule has 0 unspecified atom stereocenters. The Bertz CT molecular complexity index is 960. The second kappa shape index (κ2) is 9.48. The van der Waals surface area contributed by atoms with Crippen molar-refractivity contribution in [2.75, 3.05) is 21.3 Å². The van der Waals surface area contributed by atoms with E-state index in [4.69, 9.17) is 25.8 Å². The zero-order valence-corrected chi connectivity index (χ0v) is 17.2. The molecule has 0 spiro atoms. The number of benzene rings is 2. The van der Waals surface area contributed by atoms with Gasteiger partial charge in [-0.15, -0.1) is 10.2 Å². The maximum atomic E-state index is 5.92. The van der Waals surface area contributed by atoms with Gasteiger partial charge in [-0.25, -0.2) is 0 Å². The predicted octanol–water partition coefficient (Wildman–Crippen LogP) is 4.13. The molecular formula is C19H19ClN4O3S. The first-order valence-electron chi connectivity index (χ1n) is 8.26. The molecule has 28 heavy (non-hydrogen) atoms. The van der Waals surface area contributed by atoms with Crippen molar-refractivity contribution in [2.45, 2.75) is 10.9 Å². The lowest BCUT2D eigenvalue weighted by atomic mass is 10.2. The molecule has 0 amide bonds. The molecule has 0 radical (unpaired) electrons. The Morgan fingerprint density at radius 3 is 2.46 bits per heavy atom. The molecule has 7 nitrogen and oxygen atoms in total. The summed E-state index contributed by atoms with van der Waals surface area (Å²) in [5, 5.41) is 13.9. The van der Waals surface area contributed by atoms with E-state index < -0.39 is 0 Å². The third-order valence-electron chi connectivity index (χ3n) is 3.84. The second-order valence-electron chi connectivity index (χ2n) is 5.54. The molecule has 0 aliphatic heterocycles. The minimum Gasteiger partial charge on any atom is -0.493 e. The summed E-state index contributed by atoms with van der Waals surface area (Å²) in [5.41, 5.74) is 1.87. The summed E-state index contributed by atoms with van der Waals surface area (Å²) in [7, 11) is 4.71. The van der Waals surface area contributed by atoms with Gasteiger partial charge in [-0.3, -0.25) is 0 Å². The van der Waals surface area contributed by atoms with E-state index in [1.165, 1.54) is 11.8 Å². The van der Waals surface area contributed by atoms with Crippen molar-refractivity contribution >= 4 is 29.6 Å². The zero-order valence-electron chi connectivity index (χ0n) is 15.6. The van der Waals surface area contributed by atoms with E-state index in [0.29, 0.717) is 27.4 Å². The van der Waals surface area contributed by atoms with Crippen molar-refractivity contribution in [2.24, 2.45) is 5.10 Å². The average molecular weight is 419 g/mol. The number of ether oxygens (including phenoxy) is 3. The number of thioether (sulfide) groups is 1. The van der Waals surface area contributed by atoms with Crippen LogP contribution in [0, 0.1) is 0 Å². The summed E-state index contributed by atoms with van der Waals surface area (Å²) >= 11 is 7.45. The molecule has 3 rings (SSSR count). The van der Waals surface area contributed by atoms with Crippen LogP contribution in [0.4, 0.5) is 0 Å². The number of rotatable bonds is 8. The van der Waals surface area contributed by atoms with Gasteiger partial charge in [-0.05, 0) is 29.8 Å². The highest BCUT2D eigenvalue weighted by molar-refractivity contribution is 7.98. The van der Waals surface area contributed by atoms with Crippen molar-refractivity contribution < 1.29 is 14.2 Å². The molecule has 3 aromatic rings. The van der Waals surface area contributed by atoms with Crippen LogP contribution in [0.25, 0.3) is 0 Å². The first kappa shape index (κ1) is 20.0. The van der Waals surface area contributed by atoms with E-state index in [1.54, 1.807) is 44.6 Å². The number of hydrogen-bond donors (Lipinski definition) is 0. The van der Waals surface area contributed by atoms with Gasteiger partial charge in [0, 0.05) is 16.3 Å². The van der Waals surface area contributed by atoms with Crippen LogP contribution in [-0.4, -0.2) is 42.4 Å². The summed E-state index contributed by atoms with van der Waals surface area (Å²) in [4.78, 5) is 0. The number of halogens is 1. The normalized spacial score (nSPS) is 11.0. The Balaban J connectivity index is 1.78.